The molecule has 0 fully saturated rings. The second-order valence-corrected chi connectivity index (χ2v) is 6.54. The summed E-state index contributed by atoms with van der Waals surface area (Å²) in [5.41, 5.74) is 0. The fourth-order valence-corrected chi connectivity index (χ4v) is 2.46. The smallest absolute Gasteiger partial charge is 0.326 e. The highest BCUT2D eigenvalue weighted by atomic mass is 32.2. The first-order valence-electron chi connectivity index (χ1n) is 6.13. The van der Waals surface area contributed by atoms with E-state index in [0.29, 0.717) is 0 Å². The second-order valence-electron chi connectivity index (χ2n) is 4.83. The predicted octanol–water partition coefficient (Wildman–Crippen LogP) is -1.08. The van der Waals surface area contributed by atoms with E-state index in [1.165, 1.54) is 17.1 Å². The molecule has 0 aliphatic rings. The van der Waals surface area contributed by atoms with Crippen molar-refractivity contribution in [3.63, 3.8) is 0 Å². The quantitative estimate of drug-likeness (QED) is 0.586. The van der Waals surface area contributed by atoms with E-state index in [0.717, 1.165) is 0 Å². The Hall–Kier alpha value is -1.94. The van der Waals surface area contributed by atoms with Crippen LogP contribution in [0.25, 0.3) is 0 Å². The van der Waals surface area contributed by atoms with Crippen molar-refractivity contribution < 1.29 is 23.1 Å². The van der Waals surface area contributed by atoms with E-state index in [1.54, 1.807) is 20.9 Å². The number of imidazole rings is 1. The molecule has 0 saturated carbocycles. The van der Waals surface area contributed by atoms with Gasteiger partial charge >= 0.3 is 5.97 Å². The molecule has 1 aromatic heterocycles. The Labute approximate surface area is 122 Å². The molecule has 0 unspecified atom stereocenters. The summed E-state index contributed by atoms with van der Waals surface area (Å²) < 4.78 is 27.2. The van der Waals surface area contributed by atoms with Crippen LogP contribution in [0.4, 0.5) is 0 Å². The number of aryl methyl sites for hydroxylation is 1. The lowest BCUT2D eigenvalue weighted by atomic mass is 10.1. The van der Waals surface area contributed by atoms with E-state index in [9.17, 15) is 18.0 Å². The normalized spacial score (nSPS) is 13.1. The molecule has 3 N–H and O–H groups in total. The van der Waals surface area contributed by atoms with Gasteiger partial charge in [-0.1, -0.05) is 13.8 Å². The zero-order valence-corrected chi connectivity index (χ0v) is 12.7. The molecule has 1 amide bonds. The lowest BCUT2D eigenvalue weighted by molar-refractivity contribution is -0.142. The van der Waals surface area contributed by atoms with Gasteiger partial charge in [0, 0.05) is 13.2 Å². The van der Waals surface area contributed by atoms with Crippen LogP contribution in [0.5, 0.6) is 0 Å². The molecule has 118 valence electrons. The van der Waals surface area contributed by atoms with Gasteiger partial charge in [0.25, 0.3) is 10.0 Å². The van der Waals surface area contributed by atoms with Gasteiger partial charge in [-0.25, -0.2) is 22.9 Å². The number of sulfonamides is 1. The van der Waals surface area contributed by atoms with Crippen LogP contribution in [0.1, 0.15) is 13.8 Å². The van der Waals surface area contributed by atoms with Gasteiger partial charge in [0.15, 0.2) is 5.03 Å². The average molecular weight is 318 g/mol. The van der Waals surface area contributed by atoms with Crippen molar-refractivity contribution >= 4 is 21.9 Å². The van der Waals surface area contributed by atoms with Crippen LogP contribution in [-0.4, -0.2) is 47.5 Å². The van der Waals surface area contributed by atoms with E-state index < -0.39 is 34.5 Å². The number of carbonyl (C=O) groups excluding carboxylic acids is 1. The van der Waals surface area contributed by atoms with Gasteiger partial charge in [-0.3, -0.25) is 4.79 Å². The molecule has 9 nitrogen and oxygen atoms in total. The average Bonchev–Trinajstić information content (AvgIpc) is 2.80. The minimum Gasteiger partial charge on any atom is -0.480 e. The summed E-state index contributed by atoms with van der Waals surface area (Å²) >= 11 is 0. The van der Waals surface area contributed by atoms with Gasteiger partial charge in [0.2, 0.25) is 5.91 Å². The molecule has 1 heterocycles. The van der Waals surface area contributed by atoms with Gasteiger partial charge in [-0.05, 0) is 5.92 Å². The SMILES string of the molecule is CC(C)[C@@H](NC(=O)CNS(=O)(=O)c1cn(C)cn1)C(=O)O. The highest BCUT2D eigenvalue weighted by Gasteiger charge is 2.24. The highest BCUT2D eigenvalue weighted by Crippen LogP contribution is 2.04. The molecule has 0 bridgehead atoms. The van der Waals surface area contributed by atoms with Crippen LogP contribution >= 0.6 is 0 Å². The van der Waals surface area contributed by atoms with Crippen molar-refractivity contribution in [1.29, 1.82) is 0 Å². The summed E-state index contributed by atoms with van der Waals surface area (Å²) in [6.45, 7) is 2.71. The van der Waals surface area contributed by atoms with Crippen LogP contribution in [0.15, 0.2) is 17.6 Å². The number of carboxylic acid groups (broad SMARTS) is 1. The lowest BCUT2D eigenvalue weighted by Crippen LogP contribution is -2.48. The lowest BCUT2D eigenvalue weighted by Gasteiger charge is -2.17. The zero-order chi connectivity index (χ0) is 16.2. The summed E-state index contributed by atoms with van der Waals surface area (Å²) in [5.74, 6) is -2.22. The monoisotopic (exact) mass is 318 g/mol. The number of aromatic nitrogens is 2. The Morgan fingerprint density at radius 3 is 2.48 bits per heavy atom. The van der Waals surface area contributed by atoms with Crippen molar-refractivity contribution in [3.05, 3.63) is 12.5 Å². The third-order valence-corrected chi connectivity index (χ3v) is 3.91. The third-order valence-electron chi connectivity index (χ3n) is 2.63. The fourth-order valence-electron chi connectivity index (χ4n) is 1.50. The molecule has 21 heavy (non-hydrogen) atoms. The number of amides is 1. The van der Waals surface area contributed by atoms with Gasteiger partial charge in [0.1, 0.15) is 6.04 Å². The molecule has 0 saturated heterocycles. The standard InChI is InChI=1S/C11H18N4O5S/c1-7(2)10(11(17)18)14-8(16)4-13-21(19,20)9-5-15(3)6-12-9/h5-7,10,13H,4H2,1-3H3,(H,14,16)(H,17,18)/t10-/m1/s1. The van der Waals surface area contributed by atoms with Crippen LogP contribution in [0.2, 0.25) is 0 Å². The van der Waals surface area contributed by atoms with Crippen molar-refractivity contribution in [3.8, 4) is 0 Å². The first kappa shape index (κ1) is 17.1. The fraction of sp³-hybridized carbons (Fsp3) is 0.545. The van der Waals surface area contributed by atoms with E-state index in [1.807, 2.05) is 0 Å². The molecule has 10 heteroatoms. The Kier molecular flexibility index (Phi) is 5.44. The summed E-state index contributed by atoms with van der Waals surface area (Å²) in [7, 11) is -2.29. The topological polar surface area (TPSA) is 130 Å². The number of hydrogen-bond donors (Lipinski definition) is 3. The molecule has 0 aliphatic heterocycles. The summed E-state index contributed by atoms with van der Waals surface area (Å²) in [6.07, 6.45) is 2.60. The van der Waals surface area contributed by atoms with Gasteiger partial charge in [-0.2, -0.15) is 0 Å². The van der Waals surface area contributed by atoms with E-state index in [-0.39, 0.29) is 10.9 Å². The molecular formula is C11H18N4O5S. The Morgan fingerprint density at radius 2 is 2.05 bits per heavy atom. The number of aliphatic carboxylic acids is 1. The number of rotatable bonds is 7. The molecule has 0 aliphatic carbocycles. The number of carbonyl (C=O) groups is 2. The van der Waals surface area contributed by atoms with Crippen molar-refractivity contribution in [2.45, 2.75) is 24.9 Å². The maximum atomic E-state index is 11.8. The minimum absolute atomic E-state index is 0.212. The van der Waals surface area contributed by atoms with Crippen LogP contribution < -0.4 is 10.0 Å². The largest absolute Gasteiger partial charge is 0.480 e. The van der Waals surface area contributed by atoms with Crippen molar-refractivity contribution in [1.82, 2.24) is 19.6 Å². The first-order chi connectivity index (χ1) is 9.63. The number of carboxylic acids is 1. The Bertz CT molecular complexity index is 622. The molecule has 0 spiro atoms. The molecule has 1 atom stereocenters. The molecule has 1 rings (SSSR count). The van der Waals surface area contributed by atoms with E-state index in [4.69, 9.17) is 5.11 Å². The van der Waals surface area contributed by atoms with Crippen molar-refractivity contribution in [2.24, 2.45) is 13.0 Å². The van der Waals surface area contributed by atoms with E-state index in [2.05, 4.69) is 15.0 Å². The van der Waals surface area contributed by atoms with E-state index >= 15 is 0 Å². The molecule has 1 aromatic rings. The maximum Gasteiger partial charge on any atom is 0.326 e. The number of nitrogens with zero attached hydrogens (tertiary/aromatic N) is 2. The number of hydrogen-bond acceptors (Lipinski definition) is 5. The predicted molar refractivity (Wildman–Crippen MR) is 72.8 cm³/mol. The summed E-state index contributed by atoms with van der Waals surface area (Å²) in [5, 5.41) is 11.0. The minimum atomic E-state index is -3.90. The second kappa shape index (κ2) is 6.68. The summed E-state index contributed by atoms with van der Waals surface area (Å²) in [6, 6.07) is -1.07. The number of nitrogens with one attached hydrogen (secondary N) is 2. The first-order valence-corrected chi connectivity index (χ1v) is 7.61. The van der Waals surface area contributed by atoms with Crippen molar-refractivity contribution in [2.75, 3.05) is 6.54 Å². The molecule has 0 aromatic carbocycles. The van der Waals surface area contributed by atoms with Crippen LogP contribution in [-0.2, 0) is 26.7 Å². The third kappa shape index (κ3) is 4.83. The zero-order valence-electron chi connectivity index (χ0n) is 11.9. The van der Waals surface area contributed by atoms with Gasteiger partial charge in [0.05, 0.1) is 12.9 Å². The van der Waals surface area contributed by atoms with Crippen LogP contribution in [0, 0.1) is 5.92 Å². The Balaban J connectivity index is 2.62. The van der Waals surface area contributed by atoms with Gasteiger partial charge < -0.3 is 15.0 Å². The van der Waals surface area contributed by atoms with Gasteiger partial charge in [-0.15, -0.1) is 0 Å². The Morgan fingerprint density at radius 1 is 1.43 bits per heavy atom. The highest BCUT2D eigenvalue weighted by molar-refractivity contribution is 7.89. The maximum absolute atomic E-state index is 11.8. The van der Waals surface area contributed by atoms with Crippen LogP contribution in [0.3, 0.4) is 0 Å². The molecule has 0 radical (unpaired) electrons. The molecular weight excluding hydrogens is 300 g/mol. The summed E-state index contributed by atoms with van der Waals surface area (Å²) in [4.78, 5) is 26.2.